The number of carbonyl (C=O) groups excluding carboxylic acids is 2. The fourth-order valence-electron chi connectivity index (χ4n) is 1.38. The second kappa shape index (κ2) is 6.85. The summed E-state index contributed by atoms with van der Waals surface area (Å²) < 4.78 is 5.67. The van der Waals surface area contributed by atoms with Crippen molar-refractivity contribution in [2.45, 2.75) is 38.8 Å². The summed E-state index contributed by atoms with van der Waals surface area (Å²) in [6.07, 6.45) is 1.32. The van der Waals surface area contributed by atoms with E-state index >= 15 is 0 Å². The normalized spacial score (nSPS) is 12.6. The molecule has 20 heavy (non-hydrogen) atoms. The summed E-state index contributed by atoms with van der Waals surface area (Å²) in [4.78, 5) is 27.6. The maximum atomic E-state index is 12.1. The third-order valence-electron chi connectivity index (χ3n) is 2.13. The Morgan fingerprint density at radius 1 is 1.60 bits per heavy atom. The summed E-state index contributed by atoms with van der Waals surface area (Å²) in [5.74, 6) is -0.959. The molecule has 0 spiro atoms. The van der Waals surface area contributed by atoms with Gasteiger partial charge in [-0.05, 0) is 26.8 Å². The van der Waals surface area contributed by atoms with Crippen LogP contribution in [-0.2, 0) is 20.7 Å². The lowest BCUT2D eigenvalue weighted by atomic mass is 10.1. The molecule has 1 amide bonds. The van der Waals surface area contributed by atoms with Crippen molar-refractivity contribution in [3.63, 3.8) is 0 Å². The van der Waals surface area contributed by atoms with Crippen LogP contribution in [0.2, 0.25) is 4.47 Å². The Balaban J connectivity index is 2.81. The molecule has 0 aliphatic heterocycles. The van der Waals surface area contributed by atoms with Crippen molar-refractivity contribution in [2.24, 2.45) is 0 Å². The molecular formula is C13H17ClN2O3S. The highest BCUT2D eigenvalue weighted by Crippen LogP contribution is 2.17. The maximum Gasteiger partial charge on any atom is 0.329 e. The summed E-state index contributed by atoms with van der Waals surface area (Å²) in [5.41, 5.74) is -0.00579. The maximum absolute atomic E-state index is 12.1. The quantitative estimate of drug-likeness (QED) is 0.669. The molecule has 1 aromatic heterocycles. The first-order valence-corrected chi connectivity index (χ1v) is 7.22. The fourth-order valence-corrected chi connectivity index (χ4v) is 2.18. The Labute approximate surface area is 127 Å². The van der Waals surface area contributed by atoms with Gasteiger partial charge in [-0.3, -0.25) is 4.79 Å². The standard InChI is InChI=1S/C13H17ClN2O3S/c1-5-10(17)16-9(11(18)19-13(2,3)4)6-8-7-20-12(14)15-8/h5,7,9H,1,6H2,2-4H3,(H,16,17). The van der Waals surface area contributed by atoms with Crippen LogP contribution in [0.4, 0.5) is 0 Å². The van der Waals surface area contributed by atoms with Gasteiger partial charge >= 0.3 is 5.97 Å². The lowest BCUT2D eigenvalue weighted by Gasteiger charge is -2.24. The molecule has 1 N–H and O–H groups in total. The second-order valence-corrected chi connectivity index (χ2v) is 6.53. The monoisotopic (exact) mass is 316 g/mol. The molecule has 0 aliphatic carbocycles. The summed E-state index contributed by atoms with van der Waals surface area (Å²) in [7, 11) is 0. The summed E-state index contributed by atoms with van der Waals surface area (Å²) in [6, 6.07) is -0.821. The van der Waals surface area contributed by atoms with Crippen molar-refractivity contribution < 1.29 is 14.3 Å². The molecule has 1 atom stereocenters. The number of nitrogens with one attached hydrogen (secondary N) is 1. The van der Waals surface area contributed by atoms with Crippen molar-refractivity contribution in [1.29, 1.82) is 0 Å². The first kappa shape index (κ1) is 16.7. The van der Waals surface area contributed by atoms with E-state index in [1.165, 1.54) is 11.3 Å². The van der Waals surface area contributed by atoms with Crippen LogP contribution in [0, 0.1) is 0 Å². The smallest absolute Gasteiger partial charge is 0.329 e. The molecule has 1 rings (SSSR count). The minimum atomic E-state index is -0.821. The Hall–Kier alpha value is -1.40. The number of ether oxygens (including phenoxy) is 1. The van der Waals surface area contributed by atoms with Gasteiger partial charge in [-0.15, -0.1) is 11.3 Å². The second-order valence-electron chi connectivity index (χ2n) is 5.09. The van der Waals surface area contributed by atoms with E-state index in [4.69, 9.17) is 16.3 Å². The van der Waals surface area contributed by atoms with Crippen LogP contribution in [0.1, 0.15) is 26.5 Å². The van der Waals surface area contributed by atoms with Crippen molar-refractivity contribution in [2.75, 3.05) is 0 Å². The predicted molar refractivity (Wildman–Crippen MR) is 78.8 cm³/mol. The first-order valence-electron chi connectivity index (χ1n) is 5.97. The number of nitrogens with zero attached hydrogens (tertiary/aromatic N) is 1. The zero-order valence-electron chi connectivity index (χ0n) is 11.6. The highest BCUT2D eigenvalue weighted by molar-refractivity contribution is 7.13. The molecule has 7 heteroatoms. The number of hydrogen-bond donors (Lipinski definition) is 1. The largest absolute Gasteiger partial charge is 0.458 e. The Kier molecular flexibility index (Phi) is 5.71. The fraction of sp³-hybridized carbons (Fsp3) is 0.462. The highest BCUT2D eigenvalue weighted by Gasteiger charge is 2.27. The molecule has 1 heterocycles. The molecule has 0 fully saturated rings. The SMILES string of the molecule is C=CC(=O)NC(Cc1csc(Cl)n1)C(=O)OC(C)(C)C. The topological polar surface area (TPSA) is 68.3 Å². The number of halogens is 1. The van der Waals surface area contributed by atoms with Crippen LogP contribution in [0.25, 0.3) is 0 Å². The number of hydrogen-bond acceptors (Lipinski definition) is 5. The van der Waals surface area contributed by atoms with Gasteiger partial charge in [-0.2, -0.15) is 0 Å². The van der Waals surface area contributed by atoms with Crippen LogP contribution in [0.3, 0.4) is 0 Å². The van der Waals surface area contributed by atoms with Gasteiger partial charge in [0.05, 0.1) is 5.69 Å². The first-order chi connectivity index (χ1) is 9.21. The Morgan fingerprint density at radius 3 is 2.70 bits per heavy atom. The summed E-state index contributed by atoms with van der Waals surface area (Å²) in [6.45, 7) is 8.64. The predicted octanol–water partition coefficient (Wildman–Crippen LogP) is 2.35. The van der Waals surface area contributed by atoms with E-state index in [1.807, 2.05) is 0 Å². The van der Waals surface area contributed by atoms with E-state index in [-0.39, 0.29) is 6.42 Å². The number of thiazole rings is 1. The van der Waals surface area contributed by atoms with E-state index in [0.717, 1.165) is 6.08 Å². The molecule has 0 aromatic carbocycles. The third-order valence-corrected chi connectivity index (χ3v) is 3.16. The minimum absolute atomic E-state index is 0.220. The van der Waals surface area contributed by atoms with Gasteiger partial charge in [0.25, 0.3) is 0 Å². The molecule has 0 aliphatic rings. The van der Waals surface area contributed by atoms with E-state index in [2.05, 4.69) is 16.9 Å². The Morgan fingerprint density at radius 2 is 2.25 bits per heavy atom. The highest BCUT2D eigenvalue weighted by atomic mass is 35.5. The lowest BCUT2D eigenvalue weighted by Crippen LogP contribution is -2.45. The van der Waals surface area contributed by atoms with E-state index < -0.39 is 23.5 Å². The van der Waals surface area contributed by atoms with Crippen LogP contribution in [0.15, 0.2) is 18.0 Å². The van der Waals surface area contributed by atoms with Crippen LogP contribution < -0.4 is 5.32 Å². The minimum Gasteiger partial charge on any atom is -0.458 e. The number of carbonyl (C=O) groups is 2. The lowest BCUT2D eigenvalue weighted by molar-refractivity contribution is -0.158. The zero-order chi connectivity index (χ0) is 15.3. The number of esters is 1. The molecule has 0 bridgehead atoms. The summed E-state index contributed by atoms with van der Waals surface area (Å²) in [5, 5.41) is 4.27. The number of rotatable bonds is 5. The summed E-state index contributed by atoms with van der Waals surface area (Å²) >= 11 is 7.02. The Bertz CT molecular complexity index is 508. The van der Waals surface area contributed by atoms with E-state index in [9.17, 15) is 9.59 Å². The van der Waals surface area contributed by atoms with Crippen molar-refractivity contribution >= 4 is 34.8 Å². The average Bonchev–Trinajstić information content (AvgIpc) is 2.71. The van der Waals surface area contributed by atoms with Gasteiger partial charge < -0.3 is 10.1 Å². The van der Waals surface area contributed by atoms with Crippen LogP contribution >= 0.6 is 22.9 Å². The molecule has 110 valence electrons. The number of aromatic nitrogens is 1. The van der Waals surface area contributed by atoms with E-state index in [1.54, 1.807) is 26.2 Å². The average molecular weight is 317 g/mol. The van der Waals surface area contributed by atoms with Gasteiger partial charge in [0.15, 0.2) is 4.47 Å². The van der Waals surface area contributed by atoms with Crippen molar-refractivity contribution in [1.82, 2.24) is 10.3 Å². The third kappa shape index (κ3) is 5.71. The van der Waals surface area contributed by atoms with Gasteiger partial charge in [0, 0.05) is 11.8 Å². The van der Waals surface area contributed by atoms with Gasteiger partial charge in [-0.1, -0.05) is 18.2 Å². The van der Waals surface area contributed by atoms with Crippen molar-refractivity contribution in [3.8, 4) is 0 Å². The van der Waals surface area contributed by atoms with Crippen molar-refractivity contribution in [3.05, 3.63) is 28.2 Å². The number of amides is 1. The molecule has 0 radical (unpaired) electrons. The van der Waals surface area contributed by atoms with Crippen LogP contribution in [-0.4, -0.2) is 28.5 Å². The molecule has 1 unspecified atom stereocenters. The molecule has 5 nitrogen and oxygen atoms in total. The molecule has 0 saturated carbocycles. The van der Waals surface area contributed by atoms with Gasteiger partial charge in [-0.25, -0.2) is 9.78 Å². The van der Waals surface area contributed by atoms with Crippen LogP contribution in [0.5, 0.6) is 0 Å². The molecular weight excluding hydrogens is 300 g/mol. The zero-order valence-corrected chi connectivity index (χ0v) is 13.2. The van der Waals surface area contributed by atoms with Gasteiger partial charge in [0.1, 0.15) is 11.6 Å². The molecule has 0 saturated heterocycles. The molecule has 1 aromatic rings. The van der Waals surface area contributed by atoms with E-state index in [0.29, 0.717) is 10.2 Å². The van der Waals surface area contributed by atoms with Gasteiger partial charge in [0.2, 0.25) is 5.91 Å².